The van der Waals surface area contributed by atoms with E-state index >= 15 is 0 Å². The van der Waals surface area contributed by atoms with Gasteiger partial charge in [0.2, 0.25) is 5.95 Å². The lowest BCUT2D eigenvalue weighted by Gasteiger charge is -2.32. The minimum atomic E-state index is 0.131. The fourth-order valence-corrected chi connectivity index (χ4v) is 4.78. The van der Waals surface area contributed by atoms with Gasteiger partial charge in [-0.15, -0.1) is 0 Å². The number of hydrogen-bond donors (Lipinski definition) is 3. The average Bonchev–Trinajstić information content (AvgIpc) is 3.52. The number of hydrogen-bond acceptors (Lipinski definition) is 9. The molecule has 0 spiro atoms. The predicted molar refractivity (Wildman–Crippen MR) is 133 cm³/mol. The summed E-state index contributed by atoms with van der Waals surface area (Å²) >= 11 is 0. The minimum absolute atomic E-state index is 0.131. The van der Waals surface area contributed by atoms with Gasteiger partial charge in [0.25, 0.3) is 0 Å². The van der Waals surface area contributed by atoms with E-state index in [-0.39, 0.29) is 6.61 Å². The average molecular weight is 466 g/mol. The second kappa shape index (κ2) is 10.6. The monoisotopic (exact) mass is 465 g/mol. The minimum Gasteiger partial charge on any atom is -0.396 e. The molecule has 10 heteroatoms. The van der Waals surface area contributed by atoms with Gasteiger partial charge in [-0.1, -0.05) is 12.8 Å². The molecule has 2 aliphatic rings. The van der Waals surface area contributed by atoms with Crippen molar-refractivity contribution < 1.29 is 5.11 Å². The Bertz CT molecular complexity index is 1070. The molecule has 0 radical (unpaired) electrons. The summed E-state index contributed by atoms with van der Waals surface area (Å²) in [6.07, 6.45) is 9.21. The summed E-state index contributed by atoms with van der Waals surface area (Å²) < 4.78 is 2.20. The summed E-state index contributed by atoms with van der Waals surface area (Å²) in [7, 11) is 2.17. The van der Waals surface area contributed by atoms with E-state index in [1.807, 2.05) is 12.5 Å². The van der Waals surface area contributed by atoms with Crippen molar-refractivity contribution in [3.05, 3.63) is 30.4 Å². The molecule has 0 amide bonds. The number of aromatic nitrogens is 5. The first-order valence-electron chi connectivity index (χ1n) is 12.4. The van der Waals surface area contributed by atoms with Crippen molar-refractivity contribution >= 4 is 28.6 Å². The second-order valence-electron chi connectivity index (χ2n) is 9.40. The predicted octanol–water partition coefficient (Wildman–Crippen LogP) is 2.62. The van der Waals surface area contributed by atoms with Gasteiger partial charge in [-0.25, -0.2) is 4.98 Å². The maximum absolute atomic E-state index is 9.14. The number of fused-ring (bicyclic) bond motifs is 1. The topological polar surface area (TPSA) is 107 Å². The van der Waals surface area contributed by atoms with Crippen LogP contribution in [0.5, 0.6) is 0 Å². The highest BCUT2D eigenvalue weighted by molar-refractivity contribution is 5.86. The molecule has 0 unspecified atom stereocenters. The Kier molecular flexibility index (Phi) is 7.17. The molecule has 182 valence electrons. The van der Waals surface area contributed by atoms with Crippen LogP contribution in [0, 0.1) is 0 Å². The molecule has 10 nitrogen and oxygen atoms in total. The summed E-state index contributed by atoms with van der Waals surface area (Å²) in [5.41, 5.74) is 3.55. The van der Waals surface area contributed by atoms with Gasteiger partial charge in [-0.2, -0.15) is 9.97 Å². The number of imidazole rings is 1. The molecule has 4 heterocycles. The molecule has 1 aliphatic heterocycles. The van der Waals surface area contributed by atoms with Crippen LogP contribution in [-0.4, -0.2) is 85.8 Å². The van der Waals surface area contributed by atoms with Gasteiger partial charge in [0.1, 0.15) is 0 Å². The summed E-state index contributed by atoms with van der Waals surface area (Å²) in [6.45, 7) is 5.97. The molecule has 34 heavy (non-hydrogen) atoms. The lowest BCUT2D eigenvalue weighted by atomic mass is 10.2. The van der Waals surface area contributed by atoms with Crippen LogP contribution in [0.25, 0.3) is 11.2 Å². The van der Waals surface area contributed by atoms with Crippen LogP contribution in [-0.2, 0) is 6.54 Å². The van der Waals surface area contributed by atoms with Crippen LogP contribution >= 0.6 is 0 Å². The fraction of sp³-hybridized carbons (Fsp3) is 0.583. The van der Waals surface area contributed by atoms with Gasteiger partial charge >= 0.3 is 0 Å². The Morgan fingerprint density at radius 3 is 2.62 bits per heavy atom. The molecule has 0 aromatic carbocycles. The molecule has 1 saturated heterocycles. The highest BCUT2D eigenvalue weighted by Crippen LogP contribution is 2.33. The molecule has 3 N–H and O–H groups in total. The zero-order valence-electron chi connectivity index (χ0n) is 19.9. The summed E-state index contributed by atoms with van der Waals surface area (Å²) in [5, 5.41) is 15.8. The van der Waals surface area contributed by atoms with E-state index in [1.54, 1.807) is 0 Å². The third-order valence-electron chi connectivity index (χ3n) is 6.83. The first kappa shape index (κ1) is 22.9. The molecule has 0 atom stereocenters. The highest BCUT2D eigenvalue weighted by Gasteiger charge is 2.22. The SMILES string of the molecule is CN1CCN(Cc2ccc(Nc3nc(NCCCO)nc4c3ncn4C3CCCC3)cn2)CC1. The van der Waals surface area contributed by atoms with Gasteiger partial charge in [0.15, 0.2) is 17.0 Å². The Morgan fingerprint density at radius 2 is 1.88 bits per heavy atom. The normalized spacial score (nSPS) is 18.1. The summed E-state index contributed by atoms with van der Waals surface area (Å²) in [5.74, 6) is 1.21. The van der Waals surface area contributed by atoms with Crippen LogP contribution in [0.15, 0.2) is 24.7 Å². The Labute approximate surface area is 200 Å². The smallest absolute Gasteiger partial charge is 0.226 e. The maximum atomic E-state index is 9.14. The van der Waals surface area contributed by atoms with E-state index in [1.165, 1.54) is 12.8 Å². The van der Waals surface area contributed by atoms with E-state index < -0.39 is 0 Å². The number of pyridine rings is 1. The third kappa shape index (κ3) is 5.29. The maximum Gasteiger partial charge on any atom is 0.226 e. The van der Waals surface area contributed by atoms with Gasteiger partial charge < -0.3 is 25.2 Å². The summed E-state index contributed by atoms with van der Waals surface area (Å²) in [6, 6.07) is 4.57. The number of aliphatic hydroxyl groups excluding tert-OH is 1. The molecule has 0 bridgehead atoms. The van der Waals surface area contributed by atoms with Crippen LogP contribution in [0.2, 0.25) is 0 Å². The quantitative estimate of drug-likeness (QED) is 0.411. The third-order valence-corrected chi connectivity index (χ3v) is 6.83. The van der Waals surface area contributed by atoms with Crippen molar-refractivity contribution in [2.75, 3.05) is 57.0 Å². The van der Waals surface area contributed by atoms with Crippen molar-refractivity contribution in [2.24, 2.45) is 0 Å². The zero-order chi connectivity index (χ0) is 23.3. The molecule has 1 aliphatic carbocycles. The van der Waals surface area contributed by atoms with E-state index in [4.69, 9.17) is 15.1 Å². The molecule has 1 saturated carbocycles. The van der Waals surface area contributed by atoms with E-state index in [2.05, 4.69) is 54.1 Å². The van der Waals surface area contributed by atoms with Crippen molar-refractivity contribution in [2.45, 2.75) is 44.7 Å². The number of piperazine rings is 1. The fourth-order valence-electron chi connectivity index (χ4n) is 4.78. The first-order valence-corrected chi connectivity index (χ1v) is 12.4. The molecule has 2 fully saturated rings. The molecule has 3 aromatic rings. The largest absolute Gasteiger partial charge is 0.396 e. The van der Waals surface area contributed by atoms with E-state index in [0.717, 1.165) is 68.1 Å². The molecular formula is C24H35N9O. The standard InChI is InChI=1S/C24H35N9O/c1-31-10-12-32(13-11-31)16-19-8-7-18(15-26-19)28-22-21-23(30-24(29-22)25-9-4-14-34)33(17-27-21)20-5-2-3-6-20/h7-8,15,17,20,34H,2-6,9-14,16H2,1H3,(H2,25,28,29,30). The zero-order valence-corrected chi connectivity index (χ0v) is 19.9. The molecule has 3 aromatic heterocycles. The van der Waals surface area contributed by atoms with Gasteiger partial charge in [-0.3, -0.25) is 9.88 Å². The Hall–Kier alpha value is -2.82. The van der Waals surface area contributed by atoms with Gasteiger partial charge in [0, 0.05) is 51.9 Å². The second-order valence-corrected chi connectivity index (χ2v) is 9.40. The Balaban J connectivity index is 1.35. The number of nitrogens with zero attached hydrogens (tertiary/aromatic N) is 7. The first-order chi connectivity index (χ1) is 16.7. The lowest BCUT2D eigenvalue weighted by molar-refractivity contribution is 0.147. The van der Waals surface area contributed by atoms with Crippen LogP contribution in [0.1, 0.15) is 43.8 Å². The van der Waals surface area contributed by atoms with E-state index in [9.17, 15) is 0 Å². The van der Waals surface area contributed by atoms with Crippen LogP contribution in [0.3, 0.4) is 0 Å². The number of likely N-dealkylation sites (N-methyl/N-ethyl adjacent to an activating group) is 1. The summed E-state index contributed by atoms with van der Waals surface area (Å²) in [4.78, 5) is 23.6. The van der Waals surface area contributed by atoms with Crippen LogP contribution < -0.4 is 10.6 Å². The Morgan fingerprint density at radius 1 is 1.06 bits per heavy atom. The van der Waals surface area contributed by atoms with Crippen molar-refractivity contribution in [3.8, 4) is 0 Å². The van der Waals surface area contributed by atoms with Crippen molar-refractivity contribution in [3.63, 3.8) is 0 Å². The molecular weight excluding hydrogens is 430 g/mol. The lowest BCUT2D eigenvalue weighted by Crippen LogP contribution is -2.43. The van der Waals surface area contributed by atoms with Crippen molar-refractivity contribution in [1.29, 1.82) is 0 Å². The number of nitrogens with one attached hydrogen (secondary N) is 2. The van der Waals surface area contributed by atoms with Gasteiger partial charge in [0.05, 0.1) is 23.9 Å². The van der Waals surface area contributed by atoms with Gasteiger partial charge in [-0.05, 0) is 38.4 Å². The number of rotatable bonds is 9. The molecule has 5 rings (SSSR count). The number of aliphatic hydroxyl groups is 1. The van der Waals surface area contributed by atoms with Crippen molar-refractivity contribution in [1.82, 2.24) is 34.3 Å². The highest BCUT2D eigenvalue weighted by atomic mass is 16.3. The number of anilines is 3. The van der Waals surface area contributed by atoms with Crippen LogP contribution in [0.4, 0.5) is 17.5 Å². The van der Waals surface area contributed by atoms with E-state index in [0.29, 0.717) is 30.8 Å².